The van der Waals surface area contributed by atoms with Crippen molar-refractivity contribution < 1.29 is 14.9 Å². The number of nitrogens with one attached hydrogen (secondary N) is 1. The average Bonchev–Trinajstić information content (AvgIpc) is 2.66. The monoisotopic (exact) mass is 392 g/mol. The molecule has 0 aromatic rings. The van der Waals surface area contributed by atoms with E-state index in [2.05, 4.69) is 23.8 Å². The van der Waals surface area contributed by atoms with E-state index in [4.69, 9.17) is 4.74 Å². The first-order valence-electron chi connectivity index (χ1n) is 10.2. The van der Waals surface area contributed by atoms with Gasteiger partial charge >= 0.3 is 0 Å². The Hall–Kier alpha value is -1.69. The van der Waals surface area contributed by atoms with Crippen LogP contribution in [0.3, 0.4) is 0 Å². The van der Waals surface area contributed by atoms with Crippen LogP contribution in [0.15, 0.2) is 53.9 Å². The van der Waals surface area contributed by atoms with Gasteiger partial charge in [0.15, 0.2) is 0 Å². The van der Waals surface area contributed by atoms with Crippen LogP contribution in [0.25, 0.3) is 0 Å². The van der Waals surface area contributed by atoms with Crippen molar-refractivity contribution in [2.24, 2.45) is 10.9 Å². The predicted octanol–water partition coefficient (Wildman–Crippen LogP) is 4.15. The SMILES string of the molecule is C=CCC/C=C\C(=C/OC(C)C(O)C=CC(C)CCCNC)N=CCC(C)O. The number of nitrogens with zero attached hydrogens (tertiary/aromatic N) is 1. The van der Waals surface area contributed by atoms with Crippen LogP contribution in [0.4, 0.5) is 0 Å². The molecule has 0 saturated heterocycles. The molecule has 0 amide bonds. The fraction of sp³-hybridized carbons (Fsp3) is 0.609. The molecule has 0 fully saturated rings. The summed E-state index contributed by atoms with van der Waals surface area (Å²) in [4.78, 5) is 4.34. The van der Waals surface area contributed by atoms with Gasteiger partial charge in [-0.1, -0.05) is 31.2 Å². The van der Waals surface area contributed by atoms with Crippen molar-refractivity contribution in [2.75, 3.05) is 13.6 Å². The number of allylic oxidation sites excluding steroid dienone is 4. The van der Waals surface area contributed by atoms with Crippen LogP contribution < -0.4 is 5.32 Å². The average molecular weight is 393 g/mol. The molecule has 0 radical (unpaired) electrons. The summed E-state index contributed by atoms with van der Waals surface area (Å²) in [5, 5.41) is 22.8. The Morgan fingerprint density at radius 3 is 2.57 bits per heavy atom. The Morgan fingerprint density at radius 1 is 1.18 bits per heavy atom. The van der Waals surface area contributed by atoms with Crippen molar-refractivity contribution in [1.82, 2.24) is 5.32 Å². The zero-order valence-electron chi connectivity index (χ0n) is 18.1. The lowest BCUT2D eigenvalue weighted by Crippen LogP contribution is -2.22. The summed E-state index contributed by atoms with van der Waals surface area (Å²) in [6.45, 7) is 10.4. The van der Waals surface area contributed by atoms with Crippen LogP contribution in [-0.2, 0) is 4.74 Å². The molecule has 0 aliphatic carbocycles. The maximum atomic E-state index is 10.3. The van der Waals surface area contributed by atoms with Crippen molar-refractivity contribution >= 4 is 6.21 Å². The van der Waals surface area contributed by atoms with Crippen molar-refractivity contribution in [3.63, 3.8) is 0 Å². The van der Waals surface area contributed by atoms with Crippen molar-refractivity contribution in [3.8, 4) is 0 Å². The van der Waals surface area contributed by atoms with Crippen molar-refractivity contribution in [3.05, 3.63) is 48.9 Å². The third kappa shape index (κ3) is 15.4. The first-order valence-corrected chi connectivity index (χ1v) is 10.2. The molecule has 0 aliphatic heterocycles. The van der Waals surface area contributed by atoms with E-state index in [1.165, 1.54) is 0 Å². The smallest absolute Gasteiger partial charge is 0.124 e. The quantitative estimate of drug-likeness (QED) is 0.121. The second-order valence-electron chi connectivity index (χ2n) is 7.15. The van der Waals surface area contributed by atoms with Crippen molar-refractivity contribution in [1.29, 1.82) is 0 Å². The number of hydrogen-bond donors (Lipinski definition) is 3. The van der Waals surface area contributed by atoms with Gasteiger partial charge in [0.1, 0.15) is 18.5 Å². The second-order valence-corrected chi connectivity index (χ2v) is 7.15. The van der Waals surface area contributed by atoms with Gasteiger partial charge in [-0.3, -0.25) is 4.99 Å². The van der Waals surface area contributed by atoms with E-state index >= 15 is 0 Å². The van der Waals surface area contributed by atoms with Crippen LogP contribution in [0.5, 0.6) is 0 Å². The van der Waals surface area contributed by atoms with E-state index in [1.807, 2.05) is 38.3 Å². The Balaban J connectivity index is 4.72. The highest BCUT2D eigenvalue weighted by atomic mass is 16.5. The van der Waals surface area contributed by atoms with Gasteiger partial charge < -0.3 is 20.3 Å². The molecular weight excluding hydrogens is 352 g/mol. The van der Waals surface area contributed by atoms with E-state index < -0.39 is 12.2 Å². The fourth-order valence-corrected chi connectivity index (χ4v) is 2.26. The lowest BCUT2D eigenvalue weighted by molar-refractivity contribution is 0.0473. The Labute approximate surface area is 171 Å². The highest BCUT2D eigenvalue weighted by molar-refractivity contribution is 5.60. The molecule has 4 atom stereocenters. The molecule has 5 nitrogen and oxygen atoms in total. The molecule has 0 bridgehead atoms. The van der Waals surface area contributed by atoms with Gasteiger partial charge in [-0.25, -0.2) is 0 Å². The topological polar surface area (TPSA) is 74.1 Å². The summed E-state index contributed by atoms with van der Waals surface area (Å²) < 4.78 is 5.69. The lowest BCUT2D eigenvalue weighted by Gasteiger charge is -2.16. The van der Waals surface area contributed by atoms with E-state index in [1.54, 1.807) is 25.5 Å². The molecule has 28 heavy (non-hydrogen) atoms. The van der Waals surface area contributed by atoms with Gasteiger partial charge in [0.05, 0.1) is 11.8 Å². The number of ether oxygens (including phenoxy) is 1. The van der Waals surface area contributed by atoms with Crippen LogP contribution in [0, 0.1) is 5.92 Å². The number of aliphatic imine (C=N–C) groups is 1. The Bertz CT molecular complexity index is 510. The van der Waals surface area contributed by atoms with Crippen LogP contribution in [-0.4, -0.2) is 48.3 Å². The minimum atomic E-state index is -0.685. The van der Waals surface area contributed by atoms with E-state index in [0.717, 1.165) is 32.2 Å². The molecule has 0 aliphatic rings. The van der Waals surface area contributed by atoms with Gasteiger partial charge in [0.2, 0.25) is 0 Å². The molecule has 0 rings (SSSR count). The normalized spacial score (nSPS) is 17.3. The first-order chi connectivity index (χ1) is 13.4. The molecule has 0 heterocycles. The molecule has 0 aromatic carbocycles. The Kier molecular flexibility index (Phi) is 16.4. The third-order valence-corrected chi connectivity index (χ3v) is 4.12. The highest BCUT2D eigenvalue weighted by Crippen LogP contribution is 2.11. The Morgan fingerprint density at radius 2 is 1.93 bits per heavy atom. The van der Waals surface area contributed by atoms with Crippen LogP contribution >= 0.6 is 0 Å². The minimum Gasteiger partial charge on any atom is -0.493 e. The minimum absolute atomic E-state index is 0.385. The van der Waals surface area contributed by atoms with Gasteiger partial charge in [-0.05, 0) is 65.1 Å². The molecule has 5 heteroatoms. The summed E-state index contributed by atoms with van der Waals surface area (Å²) in [6, 6.07) is 0. The fourth-order valence-electron chi connectivity index (χ4n) is 2.26. The zero-order valence-corrected chi connectivity index (χ0v) is 18.1. The number of hydrogen-bond acceptors (Lipinski definition) is 5. The summed E-state index contributed by atoms with van der Waals surface area (Å²) in [7, 11) is 1.95. The van der Waals surface area contributed by atoms with E-state index in [9.17, 15) is 10.2 Å². The molecule has 0 spiro atoms. The highest BCUT2D eigenvalue weighted by Gasteiger charge is 2.11. The summed E-state index contributed by atoms with van der Waals surface area (Å²) >= 11 is 0. The van der Waals surface area contributed by atoms with E-state index in [0.29, 0.717) is 18.0 Å². The van der Waals surface area contributed by atoms with Crippen molar-refractivity contribution in [2.45, 2.75) is 71.2 Å². The largest absolute Gasteiger partial charge is 0.493 e. The summed E-state index contributed by atoms with van der Waals surface area (Å²) in [6.07, 6.45) is 15.8. The number of aliphatic hydroxyl groups is 2. The molecular formula is C23H40N2O3. The summed E-state index contributed by atoms with van der Waals surface area (Å²) in [5.41, 5.74) is 0.646. The summed E-state index contributed by atoms with van der Waals surface area (Å²) in [5.74, 6) is 0.416. The molecule has 0 saturated carbocycles. The predicted molar refractivity (Wildman–Crippen MR) is 119 cm³/mol. The molecule has 160 valence electrons. The number of aliphatic hydroxyl groups excluding tert-OH is 2. The molecule has 4 unspecified atom stereocenters. The maximum absolute atomic E-state index is 10.3. The number of unbranched alkanes of at least 4 members (excludes halogenated alkanes) is 1. The van der Waals surface area contributed by atoms with Crippen LogP contribution in [0.1, 0.15) is 52.9 Å². The maximum Gasteiger partial charge on any atom is 0.124 e. The zero-order chi connectivity index (χ0) is 21.2. The first kappa shape index (κ1) is 26.3. The van der Waals surface area contributed by atoms with Crippen LogP contribution in [0.2, 0.25) is 0 Å². The number of rotatable bonds is 16. The van der Waals surface area contributed by atoms with Gasteiger partial charge in [-0.15, -0.1) is 6.58 Å². The lowest BCUT2D eigenvalue weighted by atomic mass is 10.0. The third-order valence-electron chi connectivity index (χ3n) is 4.12. The van der Waals surface area contributed by atoms with Gasteiger partial charge in [0, 0.05) is 12.6 Å². The molecule has 3 N–H and O–H groups in total. The second kappa shape index (κ2) is 17.4. The molecule has 0 aromatic heterocycles. The standard InChI is InChI=1S/C23H40N2O3/c1-6-7-8-9-12-22(25-17-15-20(3)26)18-28-21(4)23(27)14-13-19(2)11-10-16-24-5/h6,9,12-14,17-21,23-24,26-27H,1,7-8,10-11,15-16H2,2-5H3/b12-9-,14-13?,22-18+,25-17?. The van der Waals surface area contributed by atoms with Gasteiger partial charge in [-0.2, -0.15) is 0 Å². The van der Waals surface area contributed by atoms with E-state index in [-0.39, 0.29) is 6.10 Å². The van der Waals surface area contributed by atoms with Gasteiger partial charge in [0.25, 0.3) is 0 Å².